The largest absolute Gasteiger partial charge is 0.452 e. The van der Waals surface area contributed by atoms with Crippen LogP contribution >= 0.6 is 11.8 Å². The Morgan fingerprint density at radius 2 is 1.84 bits per heavy atom. The van der Waals surface area contributed by atoms with Crippen LogP contribution < -0.4 is 10.6 Å². The van der Waals surface area contributed by atoms with Gasteiger partial charge in [0.05, 0.1) is 17.0 Å². The van der Waals surface area contributed by atoms with E-state index in [9.17, 15) is 18.8 Å². The summed E-state index contributed by atoms with van der Waals surface area (Å²) in [5.41, 5.74) is 1.34. The summed E-state index contributed by atoms with van der Waals surface area (Å²) in [7, 11) is 1.82. The fourth-order valence-corrected chi connectivity index (χ4v) is 3.43. The summed E-state index contributed by atoms with van der Waals surface area (Å²) < 4.78 is 20.2. The number of benzene rings is 2. The van der Waals surface area contributed by atoms with Crippen LogP contribution in [0.3, 0.4) is 0 Å². The number of ether oxygens (including phenoxy) is 1. The molecule has 1 heterocycles. The van der Waals surface area contributed by atoms with Crippen molar-refractivity contribution in [2.45, 2.75) is 12.1 Å². The third-order valence-electron chi connectivity index (χ3n) is 4.34. The number of carbonyl (C=O) groups excluding carboxylic acids is 3. The number of hydrogen-bond donors (Lipinski definition) is 2. The van der Waals surface area contributed by atoms with Crippen molar-refractivity contribution in [2.75, 3.05) is 23.0 Å². The number of esters is 1. The summed E-state index contributed by atoms with van der Waals surface area (Å²) in [6.45, 7) is 1.15. The molecule has 0 bridgehead atoms. The van der Waals surface area contributed by atoms with E-state index in [1.54, 1.807) is 42.1 Å². The molecule has 0 spiro atoms. The Morgan fingerprint density at radius 3 is 2.59 bits per heavy atom. The van der Waals surface area contributed by atoms with E-state index in [4.69, 9.17) is 4.74 Å². The smallest absolute Gasteiger partial charge is 0.340 e. The van der Waals surface area contributed by atoms with E-state index in [1.165, 1.54) is 36.0 Å². The Labute approximate surface area is 188 Å². The first-order valence-corrected chi connectivity index (χ1v) is 10.5. The van der Waals surface area contributed by atoms with E-state index < -0.39 is 24.3 Å². The Hall–Kier alpha value is -3.66. The van der Waals surface area contributed by atoms with Crippen LogP contribution in [0.4, 0.5) is 15.8 Å². The maximum atomic E-state index is 13.4. The molecule has 0 unspecified atom stereocenters. The summed E-state index contributed by atoms with van der Waals surface area (Å²) in [5.74, 6) is -2.10. The Balaban J connectivity index is 1.56. The standard InChI is InChI=1S/C22H21FN4O4S/c1-14-7-8-15(23)11-18(14)26-19(28)12-31-21(30)16-5-3-4-6-17(16)25-20(29)13-32-22-24-9-10-27(22)2/h3-11H,12-13H2,1-2H3,(H,25,29)(H,26,28). The van der Waals surface area contributed by atoms with Gasteiger partial charge in [-0.15, -0.1) is 0 Å². The minimum atomic E-state index is -0.774. The van der Waals surface area contributed by atoms with Crippen LogP contribution in [-0.2, 0) is 21.4 Å². The third kappa shape index (κ3) is 6.17. The molecule has 2 amide bonds. The van der Waals surface area contributed by atoms with Gasteiger partial charge in [-0.05, 0) is 36.8 Å². The van der Waals surface area contributed by atoms with Crippen molar-refractivity contribution in [3.63, 3.8) is 0 Å². The van der Waals surface area contributed by atoms with Gasteiger partial charge in [-0.2, -0.15) is 0 Å². The number of nitrogens with one attached hydrogen (secondary N) is 2. The zero-order chi connectivity index (χ0) is 23.1. The van der Waals surface area contributed by atoms with E-state index in [2.05, 4.69) is 15.6 Å². The first-order chi connectivity index (χ1) is 15.3. The highest BCUT2D eigenvalue weighted by Crippen LogP contribution is 2.19. The summed E-state index contributed by atoms with van der Waals surface area (Å²) in [4.78, 5) is 41.0. The SMILES string of the molecule is Cc1ccc(F)cc1NC(=O)COC(=O)c1ccccc1NC(=O)CSc1nccn1C. The number of rotatable bonds is 8. The number of aromatic nitrogens is 2. The number of halogens is 1. The molecule has 32 heavy (non-hydrogen) atoms. The number of aryl methyl sites for hydroxylation is 2. The summed E-state index contributed by atoms with van der Waals surface area (Å²) in [5, 5.41) is 5.86. The highest BCUT2D eigenvalue weighted by atomic mass is 32.2. The molecule has 0 fully saturated rings. The van der Waals surface area contributed by atoms with Crippen molar-refractivity contribution in [3.8, 4) is 0 Å². The molecule has 10 heteroatoms. The van der Waals surface area contributed by atoms with Crippen LogP contribution in [-0.4, -0.2) is 39.7 Å². The number of imidazole rings is 1. The lowest BCUT2D eigenvalue weighted by atomic mass is 10.2. The topological polar surface area (TPSA) is 102 Å². The van der Waals surface area contributed by atoms with Gasteiger partial charge in [-0.25, -0.2) is 14.2 Å². The van der Waals surface area contributed by atoms with Crippen molar-refractivity contribution in [2.24, 2.45) is 7.05 Å². The van der Waals surface area contributed by atoms with Crippen LogP contribution in [0.2, 0.25) is 0 Å². The lowest BCUT2D eigenvalue weighted by Gasteiger charge is -2.12. The average molecular weight is 456 g/mol. The van der Waals surface area contributed by atoms with Gasteiger partial charge in [0.2, 0.25) is 5.91 Å². The number of thioether (sulfide) groups is 1. The quantitative estimate of drug-likeness (QED) is 0.398. The second-order valence-electron chi connectivity index (χ2n) is 6.79. The van der Waals surface area contributed by atoms with Crippen molar-refractivity contribution in [1.29, 1.82) is 0 Å². The van der Waals surface area contributed by atoms with E-state index >= 15 is 0 Å². The number of anilines is 2. The molecule has 8 nitrogen and oxygen atoms in total. The number of hydrogen-bond acceptors (Lipinski definition) is 6. The normalized spacial score (nSPS) is 10.5. The van der Waals surface area contributed by atoms with Gasteiger partial charge in [0.1, 0.15) is 5.82 Å². The van der Waals surface area contributed by atoms with Crippen molar-refractivity contribution >= 4 is 40.9 Å². The maximum Gasteiger partial charge on any atom is 0.340 e. The highest BCUT2D eigenvalue weighted by Gasteiger charge is 2.17. The van der Waals surface area contributed by atoms with Gasteiger partial charge >= 0.3 is 5.97 Å². The Morgan fingerprint density at radius 1 is 1.09 bits per heavy atom. The van der Waals surface area contributed by atoms with Crippen LogP contribution in [0, 0.1) is 12.7 Å². The van der Waals surface area contributed by atoms with E-state index in [1.807, 2.05) is 7.05 Å². The monoisotopic (exact) mass is 456 g/mol. The minimum absolute atomic E-state index is 0.101. The van der Waals surface area contributed by atoms with Gasteiger partial charge < -0.3 is 19.9 Å². The predicted octanol–water partition coefficient (Wildman–Crippen LogP) is 3.39. The molecule has 2 N–H and O–H groups in total. The molecule has 3 aromatic rings. The average Bonchev–Trinajstić information content (AvgIpc) is 3.18. The van der Waals surface area contributed by atoms with Gasteiger partial charge in [0.25, 0.3) is 5.91 Å². The zero-order valence-electron chi connectivity index (χ0n) is 17.4. The molecular formula is C22H21FN4O4S. The minimum Gasteiger partial charge on any atom is -0.452 e. The Bertz CT molecular complexity index is 1150. The highest BCUT2D eigenvalue weighted by molar-refractivity contribution is 7.99. The molecule has 0 saturated carbocycles. The van der Waals surface area contributed by atoms with E-state index in [-0.39, 0.29) is 22.9 Å². The van der Waals surface area contributed by atoms with Crippen molar-refractivity contribution in [3.05, 3.63) is 71.8 Å². The third-order valence-corrected chi connectivity index (χ3v) is 5.40. The first-order valence-electron chi connectivity index (χ1n) is 9.55. The summed E-state index contributed by atoms with van der Waals surface area (Å²) in [6.07, 6.45) is 3.41. The lowest BCUT2D eigenvalue weighted by molar-refractivity contribution is -0.119. The fourth-order valence-electron chi connectivity index (χ4n) is 2.70. The molecule has 166 valence electrons. The van der Waals surface area contributed by atoms with Crippen LogP contribution in [0.1, 0.15) is 15.9 Å². The number of nitrogens with zero attached hydrogens (tertiary/aromatic N) is 2. The number of amides is 2. The van der Waals surface area contributed by atoms with Gasteiger partial charge in [-0.1, -0.05) is 30.0 Å². The predicted molar refractivity (Wildman–Crippen MR) is 119 cm³/mol. The molecule has 0 saturated heterocycles. The zero-order valence-corrected chi connectivity index (χ0v) is 18.2. The molecule has 0 aliphatic carbocycles. The summed E-state index contributed by atoms with van der Waals surface area (Å²) in [6, 6.07) is 10.3. The van der Waals surface area contributed by atoms with Crippen molar-refractivity contribution < 1.29 is 23.5 Å². The van der Waals surface area contributed by atoms with Gasteiger partial charge in [0.15, 0.2) is 11.8 Å². The maximum absolute atomic E-state index is 13.4. The first kappa shape index (κ1) is 23.0. The lowest BCUT2D eigenvalue weighted by Crippen LogP contribution is -2.22. The van der Waals surface area contributed by atoms with Crippen molar-refractivity contribution in [1.82, 2.24) is 9.55 Å². The molecule has 3 rings (SSSR count). The van der Waals surface area contributed by atoms with Crippen LogP contribution in [0.25, 0.3) is 0 Å². The molecule has 1 aromatic heterocycles. The summed E-state index contributed by atoms with van der Waals surface area (Å²) >= 11 is 1.26. The van der Waals surface area contributed by atoms with Gasteiger partial charge in [0, 0.05) is 25.1 Å². The fraction of sp³-hybridized carbons (Fsp3) is 0.182. The van der Waals surface area contributed by atoms with Crippen LogP contribution in [0.15, 0.2) is 60.0 Å². The molecule has 0 aliphatic rings. The Kier molecular flexibility index (Phi) is 7.61. The molecule has 0 aliphatic heterocycles. The second kappa shape index (κ2) is 10.6. The molecule has 0 atom stereocenters. The van der Waals surface area contributed by atoms with E-state index in [0.29, 0.717) is 16.4 Å². The van der Waals surface area contributed by atoms with Crippen LogP contribution in [0.5, 0.6) is 0 Å². The second-order valence-corrected chi connectivity index (χ2v) is 7.73. The number of para-hydroxylation sites is 1. The van der Waals surface area contributed by atoms with Gasteiger partial charge in [-0.3, -0.25) is 9.59 Å². The molecule has 2 aromatic carbocycles. The molecule has 0 radical (unpaired) electrons. The van der Waals surface area contributed by atoms with E-state index in [0.717, 1.165) is 0 Å². The molecular weight excluding hydrogens is 435 g/mol. The number of carbonyl (C=O) groups is 3.